The smallest absolute Gasteiger partial charge is 0.161 e. The molecular formula is C17H19NO. The van der Waals surface area contributed by atoms with Crippen LogP contribution < -0.4 is 9.64 Å². The van der Waals surface area contributed by atoms with Gasteiger partial charge < -0.3 is 9.64 Å². The Morgan fingerprint density at radius 3 is 2.42 bits per heavy atom. The molecule has 0 radical (unpaired) electrons. The topological polar surface area (TPSA) is 12.5 Å². The van der Waals surface area contributed by atoms with Crippen molar-refractivity contribution < 1.29 is 4.74 Å². The Labute approximate surface area is 114 Å². The number of anilines is 1. The summed E-state index contributed by atoms with van der Waals surface area (Å²) in [6, 6.07) is 13.0. The lowest BCUT2D eigenvalue weighted by molar-refractivity contribution is 0.287. The van der Waals surface area contributed by atoms with Gasteiger partial charge in [0.2, 0.25) is 0 Å². The molecule has 0 bridgehead atoms. The molecule has 1 heterocycles. The second-order valence-corrected chi connectivity index (χ2v) is 5.38. The Bertz CT molecular complexity index is 601. The van der Waals surface area contributed by atoms with Crippen LogP contribution in [0.25, 0.3) is 0 Å². The van der Waals surface area contributed by atoms with Crippen LogP contribution in [0.4, 0.5) is 5.69 Å². The number of fused-ring (bicyclic) bond motifs is 1. The van der Waals surface area contributed by atoms with Gasteiger partial charge in [-0.2, -0.15) is 0 Å². The molecule has 2 heteroatoms. The van der Waals surface area contributed by atoms with Gasteiger partial charge in [-0.05, 0) is 38.5 Å². The van der Waals surface area contributed by atoms with Crippen molar-refractivity contribution in [3.8, 4) is 5.75 Å². The molecule has 1 aliphatic rings. The van der Waals surface area contributed by atoms with Gasteiger partial charge in [0.15, 0.2) is 6.73 Å². The second kappa shape index (κ2) is 4.61. The lowest BCUT2D eigenvalue weighted by Crippen LogP contribution is -2.32. The third-order valence-corrected chi connectivity index (χ3v) is 3.62. The van der Waals surface area contributed by atoms with E-state index >= 15 is 0 Å². The standard InChI is InChI=1S/C17H19NO/c1-12-4-6-16(7-5-12)18-10-15-9-13(2)8-14(3)17(15)19-11-18/h4-9H,10-11H2,1-3H3. The summed E-state index contributed by atoms with van der Waals surface area (Å²) in [6.07, 6.45) is 0. The molecule has 2 nitrogen and oxygen atoms in total. The number of hydrogen-bond donors (Lipinski definition) is 0. The first-order valence-corrected chi connectivity index (χ1v) is 6.68. The van der Waals surface area contributed by atoms with Crippen molar-refractivity contribution in [3.63, 3.8) is 0 Å². The second-order valence-electron chi connectivity index (χ2n) is 5.38. The predicted octanol–water partition coefficient (Wildman–Crippen LogP) is 3.97. The molecule has 0 spiro atoms. The quantitative estimate of drug-likeness (QED) is 0.762. The maximum atomic E-state index is 5.93. The van der Waals surface area contributed by atoms with Gasteiger partial charge in [0, 0.05) is 17.8 Å². The van der Waals surface area contributed by atoms with Crippen LogP contribution >= 0.6 is 0 Å². The fraction of sp³-hybridized carbons (Fsp3) is 0.294. The minimum atomic E-state index is 0.625. The summed E-state index contributed by atoms with van der Waals surface area (Å²) < 4.78 is 5.93. The van der Waals surface area contributed by atoms with Crippen LogP contribution in [0.3, 0.4) is 0 Å². The molecule has 19 heavy (non-hydrogen) atoms. The van der Waals surface area contributed by atoms with Crippen LogP contribution in [0, 0.1) is 20.8 Å². The average Bonchev–Trinajstić information content (AvgIpc) is 2.38. The summed E-state index contributed by atoms with van der Waals surface area (Å²) in [7, 11) is 0. The Morgan fingerprint density at radius 2 is 1.68 bits per heavy atom. The molecule has 2 aromatic rings. The summed E-state index contributed by atoms with van der Waals surface area (Å²) in [6.45, 7) is 7.91. The fourth-order valence-electron chi connectivity index (χ4n) is 2.68. The third kappa shape index (κ3) is 2.30. The van der Waals surface area contributed by atoms with Crippen molar-refractivity contribution in [1.29, 1.82) is 0 Å². The SMILES string of the molecule is Cc1ccc(N2COc3c(C)cc(C)cc3C2)cc1. The molecule has 0 aliphatic carbocycles. The monoisotopic (exact) mass is 253 g/mol. The van der Waals surface area contributed by atoms with E-state index in [1.807, 2.05) is 0 Å². The van der Waals surface area contributed by atoms with Crippen LogP contribution in [0.1, 0.15) is 22.3 Å². The Hall–Kier alpha value is -1.96. The van der Waals surface area contributed by atoms with Crippen LogP contribution in [0.2, 0.25) is 0 Å². The van der Waals surface area contributed by atoms with Gasteiger partial charge >= 0.3 is 0 Å². The van der Waals surface area contributed by atoms with Crippen molar-refractivity contribution in [1.82, 2.24) is 0 Å². The largest absolute Gasteiger partial charge is 0.472 e. The van der Waals surface area contributed by atoms with Crippen LogP contribution in [-0.4, -0.2) is 6.73 Å². The van der Waals surface area contributed by atoms with Crippen molar-refractivity contribution in [2.24, 2.45) is 0 Å². The highest BCUT2D eigenvalue weighted by atomic mass is 16.5. The van der Waals surface area contributed by atoms with E-state index in [2.05, 4.69) is 62.1 Å². The Balaban J connectivity index is 1.91. The zero-order valence-electron chi connectivity index (χ0n) is 11.7. The maximum absolute atomic E-state index is 5.93. The van der Waals surface area contributed by atoms with Gasteiger partial charge in [-0.1, -0.05) is 35.4 Å². The molecular weight excluding hydrogens is 234 g/mol. The molecule has 0 aromatic heterocycles. The number of benzene rings is 2. The first-order chi connectivity index (χ1) is 9.13. The lowest BCUT2D eigenvalue weighted by Gasteiger charge is -2.32. The van der Waals surface area contributed by atoms with E-state index in [1.165, 1.54) is 27.9 Å². The zero-order chi connectivity index (χ0) is 13.4. The van der Waals surface area contributed by atoms with Crippen molar-refractivity contribution in [2.75, 3.05) is 11.6 Å². The van der Waals surface area contributed by atoms with E-state index in [1.54, 1.807) is 0 Å². The molecule has 0 saturated carbocycles. The molecule has 98 valence electrons. The molecule has 0 amide bonds. The summed E-state index contributed by atoms with van der Waals surface area (Å²) in [4.78, 5) is 2.26. The molecule has 2 aromatic carbocycles. The van der Waals surface area contributed by atoms with Crippen molar-refractivity contribution in [2.45, 2.75) is 27.3 Å². The molecule has 0 unspecified atom stereocenters. The zero-order valence-corrected chi connectivity index (χ0v) is 11.7. The Morgan fingerprint density at radius 1 is 0.947 bits per heavy atom. The van der Waals surface area contributed by atoms with E-state index in [-0.39, 0.29) is 0 Å². The van der Waals surface area contributed by atoms with Gasteiger partial charge in [0.25, 0.3) is 0 Å². The van der Waals surface area contributed by atoms with E-state index in [0.29, 0.717) is 6.73 Å². The van der Waals surface area contributed by atoms with Crippen molar-refractivity contribution in [3.05, 3.63) is 58.7 Å². The van der Waals surface area contributed by atoms with Gasteiger partial charge in [-0.15, -0.1) is 0 Å². The summed E-state index contributed by atoms with van der Waals surface area (Å²) in [5.74, 6) is 1.06. The van der Waals surface area contributed by atoms with Gasteiger partial charge in [0.1, 0.15) is 5.75 Å². The molecule has 0 atom stereocenters. The summed E-state index contributed by atoms with van der Waals surface area (Å²) in [5.41, 5.74) is 6.32. The van der Waals surface area contributed by atoms with Gasteiger partial charge in [-0.25, -0.2) is 0 Å². The number of ether oxygens (including phenoxy) is 1. The van der Waals surface area contributed by atoms with E-state index in [9.17, 15) is 0 Å². The third-order valence-electron chi connectivity index (χ3n) is 3.62. The molecule has 0 saturated heterocycles. The number of rotatable bonds is 1. The van der Waals surface area contributed by atoms with Crippen molar-refractivity contribution >= 4 is 5.69 Å². The van der Waals surface area contributed by atoms with E-state index in [0.717, 1.165) is 12.3 Å². The molecule has 0 fully saturated rings. The highest BCUT2D eigenvalue weighted by Crippen LogP contribution is 2.32. The number of hydrogen-bond acceptors (Lipinski definition) is 2. The minimum absolute atomic E-state index is 0.625. The normalized spacial score (nSPS) is 13.9. The number of nitrogens with zero attached hydrogens (tertiary/aromatic N) is 1. The summed E-state index contributed by atoms with van der Waals surface area (Å²) >= 11 is 0. The minimum Gasteiger partial charge on any atom is -0.472 e. The molecule has 1 aliphatic heterocycles. The maximum Gasteiger partial charge on any atom is 0.161 e. The van der Waals surface area contributed by atoms with E-state index < -0.39 is 0 Å². The number of aryl methyl sites for hydroxylation is 3. The fourth-order valence-corrected chi connectivity index (χ4v) is 2.68. The van der Waals surface area contributed by atoms with Crippen LogP contribution in [0.15, 0.2) is 36.4 Å². The summed E-state index contributed by atoms with van der Waals surface area (Å²) in [5, 5.41) is 0. The first kappa shape index (κ1) is 12.1. The molecule has 3 rings (SSSR count). The molecule has 0 N–H and O–H groups in total. The Kier molecular flexibility index (Phi) is 2.94. The van der Waals surface area contributed by atoms with Gasteiger partial charge in [-0.3, -0.25) is 0 Å². The highest BCUT2D eigenvalue weighted by Gasteiger charge is 2.19. The predicted molar refractivity (Wildman–Crippen MR) is 78.8 cm³/mol. The highest BCUT2D eigenvalue weighted by molar-refractivity contribution is 5.53. The van der Waals surface area contributed by atoms with Crippen LogP contribution in [0.5, 0.6) is 5.75 Å². The van der Waals surface area contributed by atoms with E-state index in [4.69, 9.17) is 4.74 Å². The van der Waals surface area contributed by atoms with Gasteiger partial charge in [0.05, 0.1) is 0 Å². The lowest BCUT2D eigenvalue weighted by atomic mass is 10.0. The first-order valence-electron chi connectivity index (χ1n) is 6.68. The average molecular weight is 253 g/mol. The van der Waals surface area contributed by atoms with Crippen LogP contribution in [-0.2, 0) is 6.54 Å².